The van der Waals surface area contributed by atoms with Crippen LogP contribution in [0.15, 0.2) is 22.0 Å². The molecule has 0 saturated carbocycles. The zero-order chi connectivity index (χ0) is 14.7. The highest BCUT2D eigenvalue weighted by molar-refractivity contribution is 9.10. The zero-order valence-electron chi connectivity index (χ0n) is 11.5. The molecular weight excluding hydrogens is 342 g/mol. The van der Waals surface area contributed by atoms with E-state index in [1.807, 2.05) is 12.3 Å². The second-order valence-corrected chi connectivity index (χ2v) is 6.13. The highest BCUT2D eigenvalue weighted by Gasteiger charge is 2.17. The molecule has 0 aliphatic carbocycles. The molecule has 2 aromatic rings. The van der Waals surface area contributed by atoms with Crippen molar-refractivity contribution in [1.82, 2.24) is 4.98 Å². The Morgan fingerprint density at radius 3 is 2.50 bits per heavy atom. The average Bonchev–Trinajstić information content (AvgIpc) is 2.83. The number of aryl methyl sites for hydroxylation is 1. The summed E-state index contributed by atoms with van der Waals surface area (Å²) in [5, 5.41) is 13.3. The third-order valence-electron chi connectivity index (χ3n) is 2.90. The lowest BCUT2D eigenvalue weighted by Crippen LogP contribution is -2.04. The number of aliphatic hydroxyl groups is 1. The standard InChI is InChI=1S/C14H16BrNO3S/c1-8-7-20-14(16-8)6-11(17)9-4-12(18-2)13(19-3)5-10(9)15/h4-5,7,11,17H,6H2,1-3H3. The van der Waals surface area contributed by atoms with Crippen LogP contribution in [0.3, 0.4) is 0 Å². The minimum atomic E-state index is -0.644. The molecule has 0 spiro atoms. The molecule has 1 aromatic heterocycles. The van der Waals surface area contributed by atoms with Gasteiger partial charge < -0.3 is 14.6 Å². The molecule has 4 nitrogen and oxygen atoms in total. The Labute approximate surface area is 130 Å². The lowest BCUT2D eigenvalue weighted by atomic mass is 10.1. The first-order valence-corrected chi connectivity index (χ1v) is 7.73. The van der Waals surface area contributed by atoms with Crippen molar-refractivity contribution in [3.05, 3.63) is 38.3 Å². The molecule has 1 aromatic carbocycles. The van der Waals surface area contributed by atoms with Crippen molar-refractivity contribution in [2.45, 2.75) is 19.4 Å². The average molecular weight is 358 g/mol. The number of hydrogen-bond acceptors (Lipinski definition) is 5. The van der Waals surface area contributed by atoms with Crippen LogP contribution >= 0.6 is 27.3 Å². The van der Waals surface area contributed by atoms with Gasteiger partial charge in [-0.1, -0.05) is 15.9 Å². The Bertz CT molecular complexity index is 600. The second-order valence-electron chi connectivity index (χ2n) is 4.33. The molecular formula is C14H16BrNO3S. The highest BCUT2D eigenvalue weighted by atomic mass is 79.9. The van der Waals surface area contributed by atoms with Gasteiger partial charge in [0.15, 0.2) is 11.5 Å². The van der Waals surface area contributed by atoms with Crippen LogP contribution in [-0.4, -0.2) is 24.3 Å². The van der Waals surface area contributed by atoms with E-state index in [-0.39, 0.29) is 0 Å². The van der Waals surface area contributed by atoms with Gasteiger partial charge in [-0.2, -0.15) is 0 Å². The summed E-state index contributed by atoms with van der Waals surface area (Å²) in [6.07, 6.45) is -0.165. The predicted molar refractivity (Wildman–Crippen MR) is 82.8 cm³/mol. The number of benzene rings is 1. The number of methoxy groups -OCH3 is 2. The molecule has 0 radical (unpaired) electrons. The first-order chi connectivity index (χ1) is 9.55. The molecule has 1 atom stereocenters. The lowest BCUT2D eigenvalue weighted by Gasteiger charge is -2.15. The summed E-state index contributed by atoms with van der Waals surface area (Å²) in [6, 6.07) is 3.58. The summed E-state index contributed by atoms with van der Waals surface area (Å²) < 4.78 is 11.3. The van der Waals surface area contributed by atoms with Gasteiger partial charge in [-0.25, -0.2) is 4.98 Å². The Kier molecular flexibility index (Phi) is 5.01. The van der Waals surface area contributed by atoms with Gasteiger partial charge in [0.25, 0.3) is 0 Å². The summed E-state index contributed by atoms with van der Waals surface area (Å²) in [7, 11) is 3.16. The lowest BCUT2D eigenvalue weighted by molar-refractivity contribution is 0.177. The quantitative estimate of drug-likeness (QED) is 0.889. The molecule has 1 unspecified atom stereocenters. The number of nitrogens with zero attached hydrogens (tertiary/aromatic N) is 1. The predicted octanol–water partition coefficient (Wildman–Crippen LogP) is 3.51. The molecule has 1 heterocycles. The molecule has 2 rings (SSSR count). The highest BCUT2D eigenvalue weighted by Crippen LogP contribution is 2.37. The summed E-state index contributed by atoms with van der Waals surface area (Å²) in [4.78, 5) is 4.37. The van der Waals surface area contributed by atoms with E-state index in [9.17, 15) is 5.11 Å². The summed E-state index contributed by atoms with van der Waals surface area (Å²) in [5.74, 6) is 1.22. The molecule has 0 bridgehead atoms. The zero-order valence-corrected chi connectivity index (χ0v) is 13.9. The van der Waals surface area contributed by atoms with Crippen LogP contribution in [0.1, 0.15) is 22.4 Å². The van der Waals surface area contributed by atoms with Crippen LogP contribution in [0.5, 0.6) is 11.5 Å². The molecule has 20 heavy (non-hydrogen) atoms. The van der Waals surface area contributed by atoms with Gasteiger partial charge in [-0.05, 0) is 24.6 Å². The SMILES string of the molecule is COc1cc(Br)c(C(O)Cc2nc(C)cs2)cc1OC. The minimum Gasteiger partial charge on any atom is -0.493 e. The van der Waals surface area contributed by atoms with Crippen LogP contribution < -0.4 is 9.47 Å². The van der Waals surface area contributed by atoms with Crippen LogP contribution in [0.4, 0.5) is 0 Å². The van der Waals surface area contributed by atoms with Crippen molar-refractivity contribution in [3.63, 3.8) is 0 Å². The Morgan fingerprint density at radius 1 is 1.30 bits per heavy atom. The molecule has 6 heteroatoms. The first-order valence-electron chi connectivity index (χ1n) is 6.05. The number of rotatable bonds is 5. The van der Waals surface area contributed by atoms with E-state index >= 15 is 0 Å². The Balaban J connectivity index is 2.27. The smallest absolute Gasteiger partial charge is 0.161 e. The Hall–Kier alpha value is -1.11. The largest absolute Gasteiger partial charge is 0.493 e. The number of thiazole rings is 1. The van der Waals surface area contributed by atoms with Crippen molar-refractivity contribution in [2.24, 2.45) is 0 Å². The van der Waals surface area contributed by atoms with Gasteiger partial charge >= 0.3 is 0 Å². The van der Waals surface area contributed by atoms with E-state index in [0.29, 0.717) is 17.9 Å². The van der Waals surface area contributed by atoms with Gasteiger partial charge in [0.2, 0.25) is 0 Å². The van der Waals surface area contributed by atoms with Gasteiger partial charge in [-0.15, -0.1) is 11.3 Å². The Morgan fingerprint density at radius 2 is 1.95 bits per heavy atom. The van der Waals surface area contributed by atoms with Crippen LogP contribution in [0.2, 0.25) is 0 Å². The van der Waals surface area contributed by atoms with Crippen LogP contribution in [-0.2, 0) is 6.42 Å². The second kappa shape index (κ2) is 6.56. The van der Waals surface area contributed by atoms with Crippen molar-refractivity contribution >= 4 is 27.3 Å². The van der Waals surface area contributed by atoms with Crippen LogP contribution in [0.25, 0.3) is 0 Å². The van der Waals surface area contributed by atoms with E-state index in [2.05, 4.69) is 20.9 Å². The van der Waals surface area contributed by atoms with E-state index < -0.39 is 6.10 Å². The van der Waals surface area contributed by atoms with E-state index in [4.69, 9.17) is 9.47 Å². The maximum atomic E-state index is 10.4. The fourth-order valence-electron chi connectivity index (χ4n) is 1.90. The summed E-state index contributed by atoms with van der Waals surface area (Å²) in [5.41, 5.74) is 1.74. The van der Waals surface area contributed by atoms with Crippen LogP contribution in [0, 0.1) is 6.92 Å². The molecule has 0 aliphatic rings. The third kappa shape index (κ3) is 3.31. The number of aromatic nitrogens is 1. The number of aliphatic hydroxyl groups excluding tert-OH is 1. The maximum Gasteiger partial charge on any atom is 0.161 e. The monoisotopic (exact) mass is 357 g/mol. The van der Waals surface area contributed by atoms with Gasteiger partial charge in [-0.3, -0.25) is 0 Å². The van der Waals surface area contributed by atoms with E-state index in [1.165, 1.54) is 0 Å². The normalized spacial score (nSPS) is 12.2. The van der Waals surface area contributed by atoms with Crippen molar-refractivity contribution in [2.75, 3.05) is 14.2 Å². The molecule has 1 N–H and O–H groups in total. The molecule has 0 saturated heterocycles. The summed E-state index contributed by atoms with van der Waals surface area (Å²) in [6.45, 7) is 1.94. The fourth-order valence-corrected chi connectivity index (χ4v) is 3.29. The molecule has 108 valence electrons. The first kappa shape index (κ1) is 15.3. The number of hydrogen-bond donors (Lipinski definition) is 1. The van der Waals surface area contributed by atoms with Crippen molar-refractivity contribution < 1.29 is 14.6 Å². The van der Waals surface area contributed by atoms with Gasteiger partial charge in [0.1, 0.15) is 0 Å². The van der Waals surface area contributed by atoms with Crippen molar-refractivity contribution in [3.8, 4) is 11.5 Å². The summed E-state index contributed by atoms with van der Waals surface area (Å²) >= 11 is 5.01. The molecule has 0 fully saturated rings. The number of ether oxygens (including phenoxy) is 2. The van der Waals surface area contributed by atoms with E-state index in [1.54, 1.807) is 37.7 Å². The van der Waals surface area contributed by atoms with Crippen molar-refractivity contribution in [1.29, 1.82) is 0 Å². The van der Waals surface area contributed by atoms with Gasteiger partial charge in [0, 0.05) is 22.0 Å². The fraction of sp³-hybridized carbons (Fsp3) is 0.357. The maximum absolute atomic E-state index is 10.4. The molecule has 0 aliphatic heterocycles. The topological polar surface area (TPSA) is 51.6 Å². The number of halogens is 1. The molecule has 0 amide bonds. The van der Waals surface area contributed by atoms with Gasteiger partial charge in [0.05, 0.1) is 25.3 Å². The minimum absolute atomic E-state index is 0.479. The van der Waals surface area contributed by atoms with E-state index in [0.717, 1.165) is 20.7 Å². The third-order valence-corrected chi connectivity index (χ3v) is 4.57.